The summed E-state index contributed by atoms with van der Waals surface area (Å²) in [5, 5.41) is 2.51. The second kappa shape index (κ2) is 6.78. The second-order valence-electron chi connectivity index (χ2n) is 3.75. The van der Waals surface area contributed by atoms with Crippen LogP contribution in [0.5, 0.6) is 0 Å². The molecule has 0 aliphatic heterocycles. The molecule has 0 saturated carbocycles. The Kier molecular flexibility index (Phi) is 6.03. The van der Waals surface area contributed by atoms with Gasteiger partial charge in [0.25, 0.3) is 0 Å². The van der Waals surface area contributed by atoms with E-state index in [2.05, 4.69) is 22.9 Å². The van der Waals surface area contributed by atoms with Crippen LogP contribution < -0.4 is 0 Å². The lowest BCUT2D eigenvalue weighted by Crippen LogP contribution is -2.06. The third-order valence-corrected chi connectivity index (χ3v) is 3.94. The Balaban J connectivity index is 2.70. The highest BCUT2D eigenvalue weighted by molar-refractivity contribution is 9.09. The van der Waals surface area contributed by atoms with Gasteiger partial charge in [-0.05, 0) is 36.5 Å². The zero-order chi connectivity index (χ0) is 11.3. The van der Waals surface area contributed by atoms with Crippen molar-refractivity contribution < 1.29 is 0 Å². The Morgan fingerprint density at radius 2 is 2.07 bits per heavy atom. The van der Waals surface area contributed by atoms with Crippen LogP contribution in [0.15, 0.2) is 18.2 Å². The van der Waals surface area contributed by atoms with Crippen LogP contribution in [-0.2, 0) is 6.42 Å². The van der Waals surface area contributed by atoms with Gasteiger partial charge in [0.05, 0.1) is 0 Å². The molecular formula is C12H15BrCl2. The highest BCUT2D eigenvalue weighted by Crippen LogP contribution is 2.25. The molecule has 0 N–H and O–H groups in total. The van der Waals surface area contributed by atoms with E-state index in [9.17, 15) is 0 Å². The molecule has 0 fully saturated rings. The fraction of sp³-hybridized carbons (Fsp3) is 0.500. The number of rotatable bonds is 5. The smallest absolute Gasteiger partial charge is 0.0452 e. The maximum Gasteiger partial charge on any atom is 0.0452 e. The first kappa shape index (κ1) is 13.3. The SMILES string of the molecule is CCCC(CBr)Cc1ccc(Cl)cc1Cl. The molecule has 15 heavy (non-hydrogen) atoms. The van der Waals surface area contributed by atoms with Crippen molar-refractivity contribution in [1.82, 2.24) is 0 Å². The highest BCUT2D eigenvalue weighted by Gasteiger charge is 2.09. The first-order valence-electron chi connectivity index (χ1n) is 5.17. The molecule has 0 nitrogen and oxygen atoms in total. The molecule has 1 atom stereocenters. The molecule has 1 unspecified atom stereocenters. The summed E-state index contributed by atoms with van der Waals surface area (Å²) in [7, 11) is 0. The first-order chi connectivity index (χ1) is 7.17. The average Bonchev–Trinajstić information content (AvgIpc) is 2.21. The van der Waals surface area contributed by atoms with Crippen LogP contribution in [0.1, 0.15) is 25.3 Å². The molecule has 0 spiro atoms. The van der Waals surface area contributed by atoms with Gasteiger partial charge < -0.3 is 0 Å². The van der Waals surface area contributed by atoms with E-state index in [1.807, 2.05) is 18.2 Å². The molecule has 0 heterocycles. The van der Waals surface area contributed by atoms with E-state index in [1.165, 1.54) is 18.4 Å². The van der Waals surface area contributed by atoms with Gasteiger partial charge in [-0.3, -0.25) is 0 Å². The number of hydrogen-bond donors (Lipinski definition) is 0. The third-order valence-electron chi connectivity index (χ3n) is 2.44. The van der Waals surface area contributed by atoms with Crippen LogP contribution >= 0.6 is 39.1 Å². The van der Waals surface area contributed by atoms with Gasteiger partial charge in [-0.1, -0.05) is 58.5 Å². The third kappa shape index (κ3) is 4.34. The van der Waals surface area contributed by atoms with E-state index in [0.29, 0.717) is 10.9 Å². The Bertz CT molecular complexity index is 312. The average molecular weight is 310 g/mol. The van der Waals surface area contributed by atoms with E-state index in [0.717, 1.165) is 16.8 Å². The van der Waals surface area contributed by atoms with Crippen molar-refractivity contribution in [3.63, 3.8) is 0 Å². The van der Waals surface area contributed by atoms with Crippen molar-refractivity contribution >= 4 is 39.1 Å². The van der Waals surface area contributed by atoms with Gasteiger partial charge in [0.15, 0.2) is 0 Å². The van der Waals surface area contributed by atoms with Gasteiger partial charge >= 0.3 is 0 Å². The maximum atomic E-state index is 6.13. The van der Waals surface area contributed by atoms with Crippen molar-refractivity contribution in [3.8, 4) is 0 Å². The van der Waals surface area contributed by atoms with Crippen molar-refractivity contribution in [2.45, 2.75) is 26.2 Å². The minimum Gasteiger partial charge on any atom is -0.0925 e. The second-order valence-corrected chi connectivity index (χ2v) is 5.24. The van der Waals surface area contributed by atoms with Crippen LogP contribution in [0, 0.1) is 5.92 Å². The molecule has 0 aromatic heterocycles. The number of halogens is 3. The summed E-state index contributed by atoms with van der Waals surface area (Å²) in [6, 6.07) is 5.74. The predicted molar refractivity (Wildman–Crippen MR) is 72.4 cm³/mol. The summed E-state index contributed by atoms with van der Waals surface area (Å²) >= 11 is 15.5. The van der Waals surface area contributed by atoms with Gasteiger partial charge in [-0.2, -0.15) is 0 Å². The Morgan fingerprint density at radius 1 is 1.33 bits per heavy atom. The fourth-order valence-electron chi connectivity index (χ4n) is 1.64. The van der Waals surface area contributed by atoms with E-state index < -0.39 is 0 Å². The standard InChI is InChI=1S/C12H15BrCl2/c1-2-3-9(8-13)6-10-4-5-11(14)7-12(10)15/h4-5,7,9H,2-3,6,8H2,1H3. The normalized spacial score (nSPS) is 12.8. The molecule has 0 saturated heterocycles. The predicted octanol–water partition coefficient (Wildman–Crippen LogP) is 5.35. The molecule has 0 amide bonds. The topological polar surface area (TPSA) is 0 Å². The van der Waals surface area contributed by atoms with Crippen molar-refractivity contribution in [2.75, 3.05) is 5.33 Å². The van der Waals surface area contributed by atoms with Crippen LogP contribution in [0.3, 0.4) is 0 Å². The molecular weight excluding hydrogens is 295 g/mol. The molecule has 1 rings (SSSR count). The molecule has 1 aromatic rings. The lowest BCUT2D eigenvalue weighted by molar-refractivity contribution is 0.534. The summed E-state index contributed by atoms with van der Waals surface area (Å²) in [6.45, 7) is 2.21. The van der Waals surface area contributed by atoms with Gasteiger partial charge in [-0.25, -0.2) is 0 Å². The number of alkyl halides is 1. The van der Waals surface area contributed by atoms with E-state index in [-0.39, 0.29) is 0 Å². The maximum absolute atomic E-state index is 6.13. The monoisotopic (exact) mass is 308 g/mol. The lowest BCUT2D eigenvalue weighted by atomic mass is 9.97. The summed E-state index contributed by atoms with van der Waals surface area (Å²) in [6.07, 6.45) is 3.46. The minimum absolute atomic E-state index is 0.661. The zero-order valence-corrected chi connectivity index (χ0v) is 11.9. The van der Waals surface area contributed by atoms with E-state index in [1.54, 1.807) is 0 Å². The number of benzene rings is 1. The summed E-state index contributed by atoms with van der Waals surface area (Å²) in [4.78, 5) is 0. The minimum atomic E-state index is 0.661. The molecule has 0 aliphatic rings. The Morgan fingerprint density at radius 3 is 2.60 bits per heavy atom. The van der Waals surface area contributed by atoms with Crippen LogP contribution in [0.4, 0.5) is 0 Å². The van der Waals surface area contributed by atoms with Gasteiger partial charge in [0.2, 0.25) is 0 Å². The fourth-order valence-corrected chi connectivity index (χ4v) is 2.68. The van der Waals surface area contributed by atoms with Gasteiger partial charge in [0, 0.05) is 15.4 Å². The van der Waals surface area contributed by atoms with Crippen molar-refractivity contribution in [3.05, 3.63) is 33.8 Å². The van der Waals surface area contributed by atoms with Crippen LogP contribution in [-0.4, -0.2) is 5.33 Å². The Hall–Kier alpha value is 0.280. The summed E-state index contributed by atoms with van der Waals surface area (Å²) < 4.78 is 0. The van der Waals surface area contributed by atoms with Crippen LogP contribution in [0.2, 0.25) is 10.0 Å². The number of hydrogen-bond acceptors (Lipinski definition) is 0. The molecule has 0 aliphatic carbocycles. The van der Waals surface area contributed by atoms with E-state index in [4.69, 9.17) is 23.2 Å². The summed E-state index contributed by atoms with van der Waals surface area (Å²) in [5.41, 5.74) is 1.19. The van der Waals surface area contributed by atoms with E-state index >= 15 is 0 Å². The molecule has 84 valence electrons. The van der Waals surface area contributed by atoms with Crippen LogP contribution in [0.25, 0.3) is 0 Å². The molecule has 0 bridgehead atoms. The van der Waals surface area contributed by atoms with Crippen molar-refractivity contribution in [1.29, 1.82) is 0 Å². The van der Waals surface area contributed by atoms with Gasteiger partial charge in [0.1, 0.15) is 0 Å². The lowest BCUT2D eigenvalue weighted by Gasteiger charge is -2.13. The first-order valence-corrected chi connectivity index (χ1v) is 7.05. The largest absolute Gasteiger partial charge is 0.0925 e. The molecule has 1 aromatic carbocycles. The quantitative estimate of drug-likeness (QED) is 0.643. The van der Waals surface area contributed by atoms with Gasteiger partial charge in [-0.15, -0.1) is 0 Å². The van der Waals surface area contributed by atoms with Crippen molar-refractivity contribution in [2.24, 2.45) is 5.92 Å². The summed E-state index contributed by atoms with van der Waals surface area (Å²) in [5.74, 6) is 0.661. The Labute approximate surface area is 110 Å². The highest BCUT2D eigenvalue weighted by atomic mass is 79.9. The molecule has 3 heteroatoms. The molecule has 0 radical (unpaired) electrons. The zero-order valence-electron chi connectivity index (χ0n) is 8.77.